The summed E-state index contributed by atoms with van der Waals surface area (Å²) in [5.74, 6) is -3.85. The molecule has 2 aliphatic rings. The first kappa shape index (κ1) is 17.1. The number of ether oxygens (including phenoxy) is 4. The first-order chi connectivity index (χ1) is 11.7. The van der Waals surface area contributed by atoms with Crippen molar-refractivity contribution in [2.24, 2.45) is 5.92 Å². The van der Waals surface area contributed by atoms with Gasteiger partial charge >= 0.3 is 17.8 Å². The number of hydrogen-bond donors (Lipinski definition) is 1. The Morgan fingerprint density at radius 2 is 2.20 bits per heavy atom. The van der Waals surface area contributed by atoms with Crippen LogP contribution in [0.4, 0.5) is 15.0 Å². The van der Waals surface area contributed by atoms with Gasteiger partial charge in [-0.3, -0.25) is 9.36 Å². The molecule has 3 heterocycles. The Bertz CT molecular complexity index is 767. The van der Waals surface area contributed by atoms with Gasteiger partial charge in [0.1, 0.15) is 5.82 Å². The molecule has 25 heavy (non-hydrogen) atoms. The van der Waals surface area contributed by atoms with Crippen molar-refractivity contribution >= 4 is 17.9 Å². The zero-order valence-electron chi connectivity index (χ0n) is 13.4. The van der Waals surface area contributed by atoms with Gasteiger partial charge in [-0.15, -0.1) is 0 Å². The Morgan fingerprint density at radius 3 is 2.84 bits per heavy atom. The predicted octanol–water partition coefficient (Wildman–Crippen LogP) is 0.123. The molecule has 10 nitrogen and oxygen atoms in total. The molecule has 1 aromatic heterocycles. The molecule has 2 N–H and O–H groups in total. The van der Waals surface area contributed by atoms with Crippen LogP contribution in [0.5, 0.6) is 0 Å². The minimum atomic E-state index is -2.67. The molecule has 1 aromatic rings. The molecule has 0 radical (unpaired) electrons. The van der Waals surface area contributed by atoms with Crippen LogP contribution in [0, 0.1) is 5.92 Å². The minimum Gasteiger partial charge on any atom is -0.459 e. The highest BCUT2D eigenvalue weighted by molar-refractivity contribution is 5.71. The van der Waals surface area contributed by atoms with Crippen LogP contribution in [-0.2, 0) is 23.7 Å². The third-order valence-corrected chi connectivity index (χ3v) is 3.78. The fourth-order valence-electron chi connectivity index (χ4n) is 2.53. The van der Waals surface area contributed by atoms with E-state index in [0.29, 0.717) is 0 Å². The Labute approximate surface area is 140 Å². The van der Waals surface area contributed by atoms with E-state index in [9.17, 15) is 14.4 Å². The third kappa shape index (κ3) is 3.02. The van der Waals surface area contributed by atoms with Crippen LogP contribution in [-0.4, -0.2) is 46.3 Å². The number of hydrogen-bond acceptors (Lipinski definition) is 9. The quantitative estimate of drug-likeness (QED) is 0.746. The number of nitrogens with two attached hydrogens (primary N) is 1. The molecule has 2 aliphatic heterocycles. The molecule has 0 bridgehead atoms. The summed E-state index contributed by atoms with van der Waals surface area (Å²) in [6.07, 6.45) is -3.99. The van der Waals surface area contributed by atoms with Gasteiger partial charge < -0.3 is 24.7 Å². The Hall–Kier alpha value is -2.69. The molecule has 2 fully saturated rings. The first-order valence-corrected chi connectivity index (χ1v) is 7.46. The van der Waals surface area contributed by atoms with Gasteiger partial charge in [-0.1, -0.05) is 13.8 Å². The molecule has 0 saturated carbocycles. The second-order valence-electron chi connectivity index (χ2n) is 5.97. The van der Waals surface area contributed by atoms with Gasteiger partial charge in [-0.2, -0.15) is 4.98 Å². The fourth-order valence-corrected chi connectivity index (χ4v) is 2.53. The number of carbonyl (C=O) groups is 2. The predicted molar refractivity (Wildman–Crippen MR) is 77.8 cm³/mol. The van der Waals surface area contributed by atoms with Crippen LogP contribution in [0.15, 0.2) is 17.1 Å². The summed E-state index contributed by atoms with van der Waals surface area (Å²) in [4.78, 5) is 38.5. The van der Waals surface area contributed by atoms with E-state index in [4.69, 9.17) is 24.7 Å². The number of aromatic nitrogens is 2. The summed E-state index contributed by atoms with van der Waals surface area (Å²) >= 11 is 0. The smallest absolute Gasteiger partial charge is 0.459 e. The molecule has 11 heteroatoms. The second-order valence-corrected chi connectivity index (χ2v) is 5.97. The van der Waals surface area contributed by atoms with E-state index in [1.54, 1.807) is 13.8 Å². The maximum absolute atomic E-state index is 15.2. The number of fused-ring (bicyclic) bond motifs is 1. The minimum absolute atomic E-state index is 0.0344. The lowest BCUT2D eigenvalue weighted by Crippen LogP contribution is -2.43. The Kier molecular flexibility index (Phi) is 4.11. The summed E-state index contributed by atoms with van der Waals surface area (Å²) in [6, 6.07) is 1.30. The summed E-state index contributed by atoms with van der Waals surface area (Å²) in [7, 11) is 0. The fraction of sp³-hybridized carbons (Fsp3) is 0.571. The van der Waals surface area contributed by atoms with E-state index in [1.165, 1.54) is 12.3 Å². The highest BCUT2D eigenvalue weighted by Gasteiger charge is 2.65. The van der Waals surface area contributed by atoms with Gasteiger partial charge in [0, 0.05) is 6.20 Å². The number of anilines is 1. The summed E-state index contributed by atoms with van der Waals surface area (Å²) in [5.41, 5.74) is 4.59. The number of carbonyl (C=O) groups excluding carboxylic acids is 2. The normalized spacial score (nSPS) is 30.7. The van der Waals surface area contributed by atoms with E-state index < -0.39 is 54.6 Å². The van der Waals surface area contributed by atoms with Crippen molar-refractivity contribution in [1.29, 1.82) is 0 Å². The molecule has 4 atom stereocenters. The van der Waals surface area contributed by atoms with Crippen molar-refractivity contribution in [3.8, 4) is 0 Å². The van der Waals surface area contributed by atoms with Crippen molar-refractivity contribution in [2.75, 3.05) is 12.3 Å². The van der Waals surface area contributed by atoms with E-state index in [1.807, 2.05) is 0 Å². The number of nitrogen functional groups attached to an aromatic ring is 1. The zero-order valence-corrected chi connectivity index (χ0v) is 13.4. The molecular formula is C14H16FN3O7. The molecule has 0 unspecified atom stereocenters. The van der Waals surface area contributed by atoms with E-state index in [0.717, 1.165) is 4.57 Å². The molecule has 0 spiro atoms. The lowest BCUT2D eigenvalue weighted by atomic mass is 10.1. The van der Waals surface area contributed by atoms with Gasteiger partial charge in [0.05, 0.1) is 5.92 Å². The molecule has 0 aromatic carbocycles. The topological polar surface area (TPSA) is 132 Å². The van der Waals surface area contributed by atoms with Crippen LogP contribution in [0.1, 0.15) is 20.1 Å². The van der Waals surface area contributed by atoms with Gasteiger partial charge in [-0.05, 0) is 6.07 Å². The monoisotopic (exact) mass is 357 g/mol. The van der Waals surface area contributed by atoms with E-state index in [2.05, 4.69) is 4.98 Å². The number of rotatable bonds is 4. The van der Waals surface area contributed by atoms with Gasteiger partial charge in [0.2, 0.25) is 6.10 Å². The van der Waals surface area contributed by atoms with Crippen LogP contribution in [0.3, 0.4) is 0 Å². The maximum Gasteiger partial charge on any atom is 0.509 e. The summed E-state index contributed by atoms with van der Waals surface area (Å²) < 4.78 is 35.9. The van der Waals surface area contributed by atoms with Crippen molar-refractivity contribution in [3.63, 3.8) is 0 Å². The first-order valence-electron chi connectivity index (χ1n) is 7.46. The number of nitrogens with zero attached hydrogens (tertiary/aromatic N) is 2. The van der Waals surface area contributed by atoms with Crippen molar-refractivity contribution in [3.05, 3.63) is 22.7 Å². The second kappa shape index (κ2) is 5.99. The molecule has 136 valence electrons. The highest BCUT2D eigenvalue weighted by atomic mass is 19.2. The summed E-state index contributed by atoms with van der Waals surface area (Å²) in [6.45, 7) is 2.33. The van der Waals surface area contributed by atoms with Crippen LogP contribution < -0.4 is 11.4 Å². The van der Waals surface area contributed by atoms with Gasteiger partial charge in [0.15, 0.2) is 18.9 Å². The lowest BCUT2D eigenvalue weighted by Gasteiger charge is -2.23. The van der Waals surface area contributed by atoms with Crippen molar-refractivity contribution in [2.45, 2.75) is 38.1 Å². The standard InChI is InChI=1S/C14H16FN3O7/c1-6(2)11(19)22-5-14(15)9-8(23-13(21)24-9)10(25-14)18-4-3-7(16)17-12(18)20/h3-4,6,8-10H,5H2,1-2H3,(H2,16,17,20)/t8-,9+,10-,14-/m1/s1. The van der Waals surface area contributed by atoms with Gasteiger partial charge in [-0.25, -0.2) is 14.0 Å². The van der Waals surface area contributed by atoms with Crippen molar-refractivity contribution < 1.29 is 32.9 Å². The Balaban J connectivity index is 1.88. The van der Waals surface area contributed by atoms with E-state index >= 15 is 4.39 Å². The molecule has 0 amide bonds. The van der Waals surface area contributed by atoms with E-state index in [-0.39, 0.29) is 5.82 Å². The number of alkyl halides is 1. The zero-order chi connectivity index (χ0) is 18.4. The molecule has 2 saturated heterocycles. The largest absolute Gasteiger partial charge is 0.509 e. The molecule has 3 rings (SSSR count). The third-order valence-electron chi connectivity index (χ3n) is 3.78. The lowest BCUT2D eigenvalue weighted by molar-refractivity contribution is -0.220. The van der Waals surface area contributed by atoms with Crippen LogP contribution in [0.25, 0.3) is 0 Å². The summed E-state index contributed by atoms with van der Waals surface area (Å²) in [5, 5.41) is 0. The SMILES string of the molecule is CC(C)C(=O)OC[C@@]1(F)O[C@@H](n2ccc(N)nc2=O)[C@@H]2OC(=O)O[C@@H]21. The van der Waals surface area contributed by atoms with Crippen LogP contribution >= 0.6 is 0 Å². The number of halogens is 1. The molecule has 0 aliphatic carbocycles. The molecular weight excluding hydrogens is 341 g/mol. The number of esters is 1. The Morgan fingerprint density at radius 1 is 1.48 bits per heavy atom. The highest BCUT2D eigenvalue weighted by Crippen LogP contribution is 2.44. The van der Waals surface area contributed by atoms with Crippen LogP contribution in [0.2, 0.25) is 0 Å². The average molecular weight is 357 g/mol. The van der Waals surface area contributed by atoms with Gasteiger partial charge in [0.25, 0.3) is 5.85 Å². The maximum atomic E-state index is 15.2. The van der Waals surface area contributed by atoms with Crippen molar-refractivity contribution in [1.82, 2.24) is 9.55 Å². The average Bonchev–Trinajstić information content (AvgIpc) is 3.03.